The third-order valence-corrected chi connectivity index (χ3v) is 3.01. The zero-order chi connectivity index (χ0) is 7.61. The summed E-state index contributed by atoms with van der Waals surface area (Å²) in [5.74, 6) is 0. The molecule has 58 valence electrons. The molecule has 0 aromatic rings. The zero-order valence-electron chi connectivity index (χ0n) is 5.96. The van der Waals surface area contributed by atoms with E-state index in [0.29, 0.717) is 18.3 Å². The Kier molecular flexibility index (Phi) is 2.29. The summed E-state index contributed by atoms with van der Waals surface area (Å²) in [5, 5.41) is 3.65. The highest BCUT2D eigenvalue weighted by Gasteiger charge is 2.09. The van der Waals surface area contributed by atoms with Gasteiger partial charge in [0.05, 0.1) is 0 Å². The van der Waals surface area contributed by atoms with Gasteiger partial charge in [-0.15, -0.1) is 0 Å². The molecule has 0 bridgehead atoms. The minimum absolute atomic E-state index is 0.603. The van der Waals surface area contributed by atoms with Crippen LogP contribution in [0.1, 0.15) is 6.42 Å². The van der Waals surface area contributed by atoms with Gasteiger partial charge < -0.3 is 14.8 Å². The molecule has 0 saturated heterocycles. The molecule has 0 aromatic carbocycles. The topological polar surface area (TPSA) is 52.2 Å². The van der Waals surface area contributed by atoms with E-state index in [0.717, 1.165) is 6.54 Å². The summed E-state index contributed by atoms with van der Waals surface area (Å²) in [7, 11) is -3.17. The van der Waals surface area contributed by atoms with E-state index in [1.807, 2.05) is 0 Å². The fourth-order valence-electron chi connectivity index (χ4n) is 0.979. The van der Waals surface area contributed by atoms with Gasteiger partial charge in [-0.25, -0.2) is 0 Å². The lowest BCUT2D eigenvalue weighted by atomic mass is 10.3. The Morgan fingerprint density at radius 2 is 2.50 bits per heavy atom. The van der Waals surface area contributed by atoms with Crippen LogP contribution in [-0.2, 0) is 4.57 Å². The van der Waals surface area contributed by atoms with E-state index in [9.17, 15) is 9.46 Å². The van der Waals surface area contributed by atoms with Gasteiger partial charge in [-0.05, 0) is 24.9 Å². The number of hydrogen-bond acceptors (Lipinski definition) is 3. The van der Waals surface area contributed by atoms with Gasteiger partial charge in [0, 0.05) is 13.9 Å². The Bertz CT molecular complexity index is 194. The van der Waals surface area contributed by atoms with Crippen LogP contribution in [0, 0.1) is 0 Å². The lowest BCUT2D eigenvalue weighted by Gasteiger charge is -2.24. The van der Waals surface area contributed by atoms with E-state index in [1.165, 1.54) is 6.66 Å². The van der Waals surface area contributed by atoms with Crippen LogP contribution in [0.25, 0.3) is 0 Å². The molecule has 0 amide bonds. The van der Waals surface area contributed by atoms with Crippen molar-refractivity contribution >= 4 is 7.37 Å². The molecule has 1 N–H and O–H groups in total. The maximum atomic E-state index is 10.9. The molecule has 3 nitrogen and oxygen atoms in total. The van der Waals surface area contributed by atoms with E-state index in [2.05, 4.69) is 5.32 Å². The predicted octanol–water partition coefficient (Wildman–Crippen LogP) is 0.132. The van der Waals surface area contributed by atoms with E-state index < -0.39 is 7.37 Å². The number of hydrogen-bond donors (Lipinski definition) is 1. The normalized spacial score (nSPS) is 25.2. The number of rotatable bonds is 1. The Balaban J connectivity index is 2.72. The highest BCUT2D eigenvalue weighted by molar-refractivity contribution is 7.60. The van der Waals surface area contributed by atoms with Gasteiger partial charge >= 0.3 is 0 Å². The van der Waals surface area contributed by atoms with E-state index in [1.54, 1.807) is 6.08 Å². The largest absolute Gasteiger partial charge is 0.796 e. The molecule has 1 aliphatic heterocycles. The van der Waals surface area contributed by atoms with Crippen LogP contribution in [0.2, 0.25) is 0 Å². The molecule has 1 atom stereocenters. The van der Waals surface area contributed by atoms with Crippen molar-refractivity contribution in [3.05, 3.63) is 11.4 Å². The fraction of sp³-hybridized carbons (Fsp3) is 0.667. The lowest BCUT2D eigenvalue weighted by Crippen LogP contribution is -2.21. The number of nitrogens with one attached hydrogen (secondary N) is 1. The second-order valence-electron chi connectivity index (χ2n) is 2.50. The van der Waals surface area contributed by atoms with Crippen LogP contribution in [0.3, 0.4) is 0 Å². The van der Waals surface area contributed by atoms with Crippen molar-refractivity contribution in [3.8, 4) is 0 Å². The van der Waals surface area contributed by atoms with Crippen molar-refractivity contribution in [2.24, 2.45) is 0 Å². The monoisotopic (exact) mass is 160 g/mol. The summed E-state index contributed by atoms with van der Waals surface area (Å²) < 4.78 is 10.9. The first-order valence-electron chi connectivity index (χ1n) is 3.29. The summed E-state index contributed by atoms with van der Waals surface area (Å²) in [6.07, 6.45) is 2.40. The van der Waals surface area contributed by atoms with Crippen LogP contribution in [0.15, 0.2) is 11.4 Å². The molecule has 0 aromatic heterocycles. The van der Waals surface area contributed by atoms with Gasteiger partial charge in [-0.2, -0.15) is 0 Å². The predicted molar refractivity (Wildman–Crippen MR) is 39.1 cm³/mol. The van der Waals surface area contributed by atoms with Crippen LogP contribution in [0.4, 0.5) is 0 Å². The van der Waals surface area contributed by atoms with Gasteiger partial charge in [0.15, 0.2) is 0 Å². The molecule has 10 heavy (non-hydrogen) atoms. The summed E-state index contributed by atoms with van der Waals surface area (Å²) in [6.45, 7) is 2.76. The average Bonchev–Trinajstić information content (AvgIpc) is 1.88. The molecule has 0 fully saturated rings. The first-order chi connectivity index (χ1) is 4.61. The van der Waals surface area contributed by atoms with E-state index in [-0.39, 0.29) is 0 Å². The first kappa shape index (κ1) is 7.99. The maximum absolute atomic E-state index is 10.9. The van der Waals surface area contributed by atoms with Gasteiger partial charge in [0.1, 0.15) is 0 Å². The third kappa shape index (κ3) is 1.94. The lowest BCUT2D eigenvalue weighted by molar-refractivity contribution is -0.171. The smallest absolute Gasteiger partial charge is 0.0361 e. The SMILES string of the molecule is CP(=O)([O-])C1=CCNCC1. The molecule has 0 radical (unpaired) electrons. The standard InChI is InChI=1S/C6H12NO2P/c1-10(8,9)6-2-4-7-5-3-6/h2,7H,3-5H2,1H3,(H,8,9)/p-1. The maximum Gasteiger partial charge on any atom is 0.0361 e. The van der Waals surface area contributed by atoms with Crippen LogP contribution in [0.5, 0.6) is 0 Å². The van der Waals surface area contributed by atoms with Crippen LogP contribution < -0.4 is 10.2 Å². The van der Waals surface area contributed by atoms with Gasteiger partial charge in [-0.1, -0.05) is 6.08 Å². The quantitative estimate of drug-likeness (QED) is 0.555. The highest BCUT2D eigenvalue weighted by atomic mass is 31.2. The van der Waals surface area contributed by atoms with Crippen molar-refractivity contribution < 1.29 is 9.46 Å². The van der Waals surface area contributed by atoms with E-state index in [4.69, 9.17) is 0 Å². The zero-order valence-corrected chi connectivity index (χ0v) is 6.86. The van der Waals surface area contributed by atoms with Gasteiger partial charge in [-0.3, -0.25) is 0 Å². The third-order valence-electron chi connectivity index (χ3n) is 1.56. The minimum Gasteiger partial charge on any atom is -0.796 e. The van der Waals surface area contributed by atoms with Gasteiger partial charge in [0.25, 0.3) is 0 Å². The highest BCUT2D eigenvalue weighted by Crippen LogP contribution is 2.42. The summed E-state index contributed by atoms with van der Waals surface area (Å²) in [4.78, 5) is 10.9. The molecule has 4 heteroatoms. The average molecular weight is 160 g/mol. The Hall–Kier alpha value is -0.110. The minimum atomic E-state index is -3.17. The van der Waals surface area contributed by atoms with Crippen molar-refractivity contribution in [1.29, 1.82) is 0 Å². The molecule has 1 rings (SSSR count). The second kappa shape index (κ2) is 2.87. The molecule has 0 spiro atoms. The molecular formula is C6H11NO2P-. The molecule has 1 unspecified atom stereocenters. The van der Waals surface area contributed by atoms with Crippen LogP contribution in [-0.4, -0.2) is 19.8 Å². The molecule has 0 saturated carbocycles. The van der Waals surface area contributed by atoms with E-state index >= 15 is 0 Å². The summed E-state index contributed by atoms with van der Waals surface area (Å²) in [6, 6.07) is 0. The molecule has 1 aliphatic rings. The molecular weight excluding hydrogens is 149 g/mol. The molecule has 1 heterocycles. The first-order valence-corrected chi connectivity index (χ1v) is 5.37. The Morgan fingerprint density at radius 1 is 1.80 bits per heavy atom. The van der Waals surface area contributed by atoms with Gasteiger partial charge in [0.2, 0.25) is 0 Å². The van der Waals surface area contributed by atoms with Crippen molar-refractivity contribution in [2.45, 2.75) is 6.42 Å². The van der Waals surface area contributed by atoms with Crippen molar-refractivity contribution in [2.75, 3.05) is 19.8 Å². The summed E-state index contributed by atoms with van der Waals surface area (Å²) >= 11 is 0. The van der Waals surface area contributed by atoms with Crippen molar-refractivity contribution in [1.82, 2.24) is 5.32 Å². The van der Waals surface area contributed by atoms with Crippen LogP contribution >= 0.6 is 7.37 Å². The Labute approximate surface area is 60.6 Å². The summed E-state index contributed by atoms with van der Waals surface area (Å²) in [5.41, 5.74) is 0. The fourth-order valence-corrected chi connectivity index (χ4v) is 1.92. The second-order valence-corrected chi connectivity index (χ2v) is 4.76. The van der Waals surface area contributed by atoms with Crippen molar-refractivity contribution in [3.63, 3.8) is 0 Å². The Morgan fingerprint density at radius 3 is 2.80 bits per heavy atom. The molecule has 0 aliphatic carbocycles.